The van der Waals surface area contributed by atoms with Gasteiger partial charge in [-0.25, -0.2) is 0 Å². The van der Waals surface area contributed by atoms with Crippen molar-refractivity contribution in [1.82, 2.24) is 0 Å². The summed E-state index contributed by atoms with van der Waals surface area (Å²) >= 11 is 0. The minimum Gasteiger partial charge on any atom is -0.462 e. The van der Waals surface area contributed by atoms with Gasteiger partial charge >= 0.3 is 11.9 Å². The van der Waals surface area contributed by atoms with Gasteiger partial charge in [0.2, 0.25) is 0 Å². The van der Waals surface area contributed by atoms with Crippen molar-refractivity contribution >= 4 is 11.9 Å². The number of rotatable bonds is 45. The lowest BCUT2D eigenvalue weighted by molar-refractivity contribution is -0.163. The van der Waals surface area contributed by atoms with Gasteiger partial charge in [-0.3, -0.25) is 9.59 Å². The zero-order valence-electron chi connectivity index (χ0n) is 38.6. The van der Waals surface area contributed by atoms with Gasteiger partial charge in [0.25, 0.3) is 0 Å². The second-order valence-corrected chi connectivity index (χ2v) is 16.3. The van der Waals surface area contributed by atoms with E-state index >= 15 is 0 Å². The van der Waals surface area contributed by atoms with Gasteiger partial charge in [0.15, 0.2) is 6.10 Å². The van der Waals surface area contributed by atoms with E-state index in [9.17, 15) is 9.59 Å². The Labute approximate surface area is 360 Å². The van der Waals surface area contributed by atoms with E-state index in [0.717, 1.165) is 70.6 Å². The van der Waals surface area contributed by atoms with Crippen molar-refractivity contribution in [3.05, 3.63) is 60.8 Å². The van der Waals surface area contributed by atoms with E-state index in [1.54, 1.807) is 0 Å². The Morgan fingerprint density at radius 3 is 1.29 bits per heavy atom. The number of carbonyl (C=O) groups excluding carboxylic acids is 2. The maximum atomic E-state index is 12.7. The first-order valence-electron chi connectivity index (χ1n) is 24.8. The fourth-order valence-electron chi connectivity index (χ4n) is 6.85. The van der Waals surface area contributed by atoms with E-state index in [1.165, 1.54) is 135 Å². The smallest absolute Gasteiger partial charge is 0.306 e. The summed E-state index contributed by atoms with van der Waals surface area (Å²) in [6, 6.07) is 0. The third kappa shape index (κ3) is 46.3. The van der Waals surface area contributed by atoms with Gasteiger partial charge in [0, 0.05) is 19.4 Å². The molecule has 0 saturated heterocycles. The molecular weight excluding hydrogens is 717 g/mol. The van der Waals surface area contributed by atoms with Gasteiger partial charge < -0.3 is 14.2 Å². The highest BCUT2D eigenvalue weighted by Crippen LogP contribution is 2.14. The standard InChI is InChI=1S/C53H94O5/c1-4-7-10-13-16-19-21-23-25-26-27-28-30-31-33-35-37-40-43-46-52(54)57-50-51(49-56-48-45-42-39-18-15-12-9-6-3)58-53(55)47-44-41-38-36-34-32-29-24-22-20-17-14-11-8-5-2/h8,11,17,20,23-25,29,34,36,51H,4-7,9-10,12-16,18-19,21-22,26-28,30-33,35,37-50H2,1-3H3/b11-8-,20-17-,25-23-,29-24-,36-34-. The zero-order chi connectivity index (χ0) is 42.1. The van der Waals surface area contributed by atoms with Crippen molar-refractivity contribution in [2.24, 2.45) is 0 Å². The molecule has 5 heteroatoms. The van der Waals surface area contributed by atoms with Crippen LogP contribution in [0.2, 0.25) is 0 Å². The van der Waals surface area contributed by atoms with Crippen molar-refractivity contribution in [1.29, 1.82) is 0 Å². The highest BCUT2D eigenvalue weighted by Gasteiger charge is 2.17. The normalized spacial score (nSPS) is 12.7. The van der Waals surface area contributed by atoms with E-state index in [2.05, 4.69) is 81.5 Å². The van der Waals surface area contributed by atoms with Crippen LogP contribution in [0, 0.1) is 0 Å². The molecule has 0 bridgehead atoms. The summed E-state index contributed by atoms with van der Waals surface area (Å²) in [7, 11) is 0. The largest absolute Gasteiger partial charge is 0.462 e. The molecule has 0 heterocycles. The molecule has 5 nitrogen and oxygen atoms in total. The summed E-state index contributed by atoms with van der Waals surface area (Å²) in [5, 5.41) is 0. The lowest BCUT2D eigenvalue weighted by Crippen LogP contribution is -2.30. The van der Waals surface area contributed by atoms with E-state index in [-0.39, 0.29) is 25.2 Å². The van der Waals surface area contributed by atoms with Crippen LogP contribution in [0.15, 0.2) is 60.8 Å². The van der Waals surface area contributed by atoms with E-state index in [4.69, 9.17) is 14.2 Å². The molecule has 0 aliphatic rings. The van der Waals surface area contributed by atoms with Gasteiger partial charge in [0.1, 0.15) is 6.61 Å². The second kappa shape index (κ2) is 49.0. The molecule has 336 valence electrons. The van der Waals surface area contributed by atoms with Crippen LogP contribution >= 0.6 is 0 Å². The molecule has 0 aromatic rings. The zero-order valence-corrected chi connectivity index (χ0v) is 38.6. The van der Waals surface area contributed by atoms with E-state index < -0.39 is 6.10 Å². The summed E-state index contributed by atoms with van der Waals surface area (Å²) in [5.74, 6) is -0.444. The minimum absolute atomic E-state index is 0.0683. The first kappa shape index (κ1) is 55.6. The summed E-state index contributed by atoms with van der Waals surface area (Å²) in [4.78, 5) is 25.3. The Hall–Kier alpha value is -2.40. The molecule has 0 spiro atoms. The Morgan fingerprint density at radius 1 is 0.397 bits per heavy atom. The molecule has 0 saturated carbocycles. The second-order valence-electron chi connectivity index (χ2n) is 16.3. The fourth-order valence-corrected chi connectivity index (χ4v) is 6.85. The molecule has 0 fully saturated rings. The van der Waals surface area contributed by atoms with Gasteiger partial charge in [-0.15, -0.1) is 0 Å². The molecular formula is C53H94O5. The van der Waals surface area contributed by atoms with Crippen LogP contribution in [-0.4, -0.2) is 37.9 Å². The van der Waals surface area contributed by atoms with Crippen molar-refractivity contribution in [2.45, 2.75) is 245 Å². The van der Waals surface area contributed by atoms with Crippen molar-refractivity contribution in [3.63, 3.8) is 0 Å². The average Bonchev–Trinajstić information content (AvgIpc) is 3.22. The van der Waals surface area contributed by atoms with E-state index in [1.807, 2.05) is 0 Å². The quantitative estimate of drug-likeness (QED) is 0.0348. The Balaban J connectivity index is 4.20. The number of unbranched alkanes of at least 4 members (excludes halogenated alkanes) is 24. The predicted octanol–water partition coefficient (Wildman–Crippen LogP) is 16.6. The molecule has 0 rings (SSSR count). The number of carbonyl (C=O) groups is 2. The van der Waals surface area contributed by atoms with Crippen LogP contribution < -0.4 is 0 Å². The van der Waals surface area contributed by atoms with Gasteiger partial charge in [0.05, 0.1) is 6.61 Å². The van der Waals surface area contributed by atoms with Crippen LogP contribution in [0.5, 0.6) is 0 Å². The molecule has 0 aromatic carbocycles. The SMILES string of the molecule is CC/C=C\C/C=C\C/C=C\C/C=C\CCCCC(=O)OC(COCCCCCCCCCC)COC(=O)CCCCCCCCCCC/C=C\CCCCCCCC. The maximum Gasteiger partial charge on any atom is 0.306 e. The Kier molecular flexibility index (Phi) is 46.9. The highest BCUT2D eigenvalue weighted by molar-refractivity contribution is 5.70. The summed E-state index contributed by atoms with van der Waals surface area (Å²) in [6.07, 6.45) is 60.9. The van der Waals surface area contributed by atoms with Crippen molar-refractivity contribution in [2.75, 3.05) is 19.8 Å². The summed E-state index contributed by atoms with van der Waals surface area (Å²) in [5.41, 5.74) is 0. The van der Waals surface area contributed by atoms with Crippen molar-refractivity contribution in [3.8, 4) is 0 Å². The molecule has 0 aromatic heterocycles. The van der Waals surface area contributed by atoms with Crippen molar-refractivity contribution < 1.29 is 23.8 Å². The minimum atomic E-state index is -0.555. The molecule has 1 atom stereocenters. The Bertz CT molecular complexity index is 1010. The first-order chi connectivity index (χ1) is 28.6. The van der Waals surface area contributed by atoms with Gasteiger partial charge in [-0.1, -0.05) is 204 Å². The van der Waals surface area contributed by atoms with Gasteiger partial charge in [-0.2, -0.15) is 0 Å². The summed E-state index contributed by atoms with van der Waals surface area (Å²) < 4.78 is 17.3. The van der Waals surface area contributed by atoms with Gasteiger partial charge in [-0.05, 0) is 83.5 Å². The van der Waals surface area contributed by atoms with Crippen LogP contribution in [0.1, 0.15) is 239 Å². The molecule has 0 aliphatic heterocycles. The fraction of sp³-hybridized carbons (Fsp3) is 0.774. The monoisotopic (exact) mass is 811 g/mol. The molecule has 0 radical (unpaired) electrons. The maximum absolute atomic E-state index is 12.7. The first-order valence-corrected chi connectivity index (χ1v) is 24.8. The predicted molar refractivity (Wildman–Crippen MR) is 251 cm³/mol. The van der Waals surface area contributed by atoms with Crippen LogP contribution in [0.25, 0.3) is 0 Å². The van der Waals surface area contributed by atoms with Crippen LogP contribution in [-0.2, 0) is 23.8 Å². The van der Waals surface area contributed by atoms with Crippen LogP contribution in [0.3, 0.4) is 0 Å². The third-order valence-corrected chi connectivity index (χ3v) is 10.5. The molecule has 0 N–H and O–H groups in total. The molecule has 0 aliphatic carbocycles. The third-order valence-electron chi connectivity index (χ3n) is 10.5. The molecule has 58 heavy (non-hydrogen) atoms. The highest BCUT2D eigenvalue weighted by atomic mass is 16.6. The lowest BCUT2D eigenvalue weighted by atomic mass is 10.1. The molecule has 1 unspecified atom stereocenters. The Morgan fingerprint density at radius 2 is 0.776 bits per heavy atom. The number of ether oxygens (including phenoxy) is 3. The van der Waals surface area contributed by atoms with E-state index in [0.29, 0.717) is 19.4 Å². The number of hydrogen-bond acceptors (Lipinski definition) is 5. The van der Waals surface area contributed by atoms with Crippen LogP contribution in [0.4, 0.5) is 0 Å². The lowest BCUT2D eigenvalue weighted by Gasteiger charge is -2.18. The average molecular weight is 811 g/mol. The molecule has 0 amide bonds. The summed E-state index contributed by atoms with van der Waals surface area (Å²) in [6.45, 7) is 7.66. The number of allylic oxidation sites excluding steroid dienone is 10. The topological polar surface area (TPSA) is 61.8 Å². The number of esters is 2. The number of hydrogen-bond donors (Lipinski definition) is 0.